The van der Waals surface area contributed by atoms with Gasteiger partial charge in [0.25, 0.3) is 0 Å². The van der Waals surface area contributed by atoms with Crippen molar-refractivity contribution in [3.63, 3.8) is 0 Å². The Hall–Kier alpha value is -6.70. The number of rotatable bonds is 15. The molecule has 0 bridgehead atoms. The molecule has 0 saturated carbocycles. The molecule has 1 heterocycles. The summed E-state index contributed by atoms with van der Waals surface area (Å²) in [4.78, 5) is 78.6. The number of benzene rings is 4. The summed E-state index contributed by atoms with van der Waals surface area (Å²) in [6.45, 7) is 0.163. The number of phenolic OH excluding ortho intramolecular Hbond substituents is 2. The van der Waals surface area contributed by atoms with Crippen molar-refractivity contribution in [3.8, 4) is 28.4 Å². The summed E-state index contributed by atoms with van der Waals surface area (Å²) in [7, 11) is 1.29. The molecule has 66 heavy (non-hydrogen) atoms. The quantitative estimate of drug-likeness (QED) is 0.0492. The predicted octanol–water partition coefficient (Wildman–Crippen LogP) is 4.01. The molecule has 6 atom stereocenters. The molecule has 1 fully saturated rings. The van der Waals surface area contributed by atoms with Crippen LogP contribution in [0, 0.1) is 0 Å². The SMILES string of the molecule is COc1cccc2c1C(=O)c1c(O)c3c(c(O)c1C2=O)C[C@@](O)(C(=O)COC(=O)CCOCCC(=O)O)C[C@@H]3O[C@H]1C[C@H](NC(=O)OCC2c3ccccc3-c3ccccc32)[C@H](O)[C@H](C)O1. The van der Waals surface area contributed by atoms with Gasteiger partial charge >= 0.3 is 18.0 Å². The molecule has 0 spiro atoms. The van der Waals surface area contributed by atoms with E-state index in [1.165, 1.54) is 32.2 Å². The molecule has 1 aliphatic heterocycles. The van der Waals surface area contributed by atoms with Gasteiger partial charge in [-0.1, -0.05) is 60.7 Å². The number of aliphatic hydroxyl groups is 2. The van der Waals surface area contributed by atoms with Gasteiger partial charge in [0, 0.05) is 41.9 Å². The molecular weight excluding hydrogens is 863 g/mol. The number of carbonyl (C=O) groups excluding carboxylic acids is 5. The normalized spacial score (nSPS) is 22.8. The average Bonchev–Trinajstić information content (AvgIpc) is 3.62. The minimum Gasteiger partial charge on any atom is -0.507 e. The number of carboxylic acids is 1. The molecule has 3 aliphatic carbocycles. The molecule has 18 heteroatoms. The van der Waals surface area contributed by atoms with Gasteiger partial charge in [-0.15, -0.1) is 0 Å². The zero-order chi connectivity index (χ0) is 47.0. The maximum atomic E-state index is 14.2. The number of Topliss-reactive ketones (excluding diaryl/α,β-unsaturated/α-hetero) is 1. The van der Waals surface area contributed by atoms with Gasteiger partial charge in [0.2, 0.25) is 11.6 Å². The van der Waals surface area contributed by atoms with E-state index >= 15 is 0 Å². The van der Waals surface area contributed by atoms with Crippen LogP contribution in [0.1, 0.15) is 98.7 Å². The second-order valence-electron chi connectivity index (χ2n) is 16.6. The minimum atomic E-state index is -2.49. The molecule has 4 aromatic rings. The number of carbonyl (C=O) groups is 6. The molecule has 4 aromatic carbocycles. The van der Waals surface area contributed by atoms with Crippen molar-refractivity contribution in [2.75, 3.05) is 33.5 Å². The van der Waals surface area contributed by atoms with E-state index in [1.807, 2.05) is 48.5 Å². The lowest BCUT2D eigenvalue weighted by atomic mass is 9.72. The summed E-state index contributed by atoms with van der Waals surface area (Å²) >= 11 is 0. The molecule has 0 unspecified atom stereocenters. The number of hydrogen-bond acceptors (Lipinski definition) is 16. The van der Waals surface area contributed by atoms with Crippen LogP contribution in [-0.2, 0) is 44.5 Å². The van der Waals surface area contributed by atoms with Crippen molar-refractivity contribution in [2.24, 2.45) is 0 Å². The van der Waals surface area contributed by atoms with Crippen LogP contribution in [0.15, 0.2) is 66.7 Å². The lowest BCUT2D eigenvalue weighted by Gasteiger charge is -2.42. The highest BCUT2D eigenvalue weighted by Crippen LogP contribution is 2.53. The maximum absolute atomic E-state index is 14.2. The molecule has 8 rings (SSSR count). The number of aliphatic hydroxyl groups excluding tert-OH is 1. The van der Waals surface area contributed by atoms with Crippen molar-refractivity contribution in [1.82, 2.24) is 5.32 Å². The Morgan fingerprint density at radius 1 is 0.833 bits per heavy atom. The summed E-state index contributed by atoms with van der Waals surface area (Å²) in [5, 5.41) is 58.6. The topological polar surface area (TPSA) is 271 Å². The van der Waals surface area contributed by atoms with Crippen LogP contribution in [0.5, 0.6) is 17.2 Å². The number of nitrogens with one attached hydrogen (secondary N) is 1. The van der Waals surface area contributed by atoms with Crippen molar-refractivity contribution in [3.05, 3.63) is 111 Å². The number of hydrogen-bond donors (Lipinski definition) is 6. The highest BCUT2D eigenvalue weighted by Gasteiger charge is 2.51. The fraction of sp³-hybridized carbons (Fsp3) is 0.375. The van der Waals surface area contributed by atoms with E-state index in [4.69, 9.17) is 33.5 Å². The Kier molecular flexibility index (Phi) is 13.0. The Bertz CT molecular complexity index is 2580. The first-order valence-electron chi connectivity index (χ1n) is 21.3. The van der Waals surface area contributed by atoms with E-state index in [0.29, 0.717) is 0 Å². The molecule has 1 amide bonds. The number of aromatic hydroxyl groups is 2. The lowest BCUT2D eigenvalue weighted by molar-refractivity contribution is -0.249. The maximum Gasteiger partial charge on any atom is 0.407 e. The van der Waals surface area contributed by atoms with Crippen molar-refractivity contribution >= 4 is 35.4 Å². The van der Waals surface area contributed by atoms with Crippen LogP contribution in [-0.4, -0.2) is 125 Å². The number of amides is 1. The smallest absolute Gasteiger partial charge is 0.407 e. The van der Waals surface area contributed by atoms with Crippen LogP contribution < -0.4 is 10.1 Å². The Morgan fingerprint density at radius 2 is 1.48 bits per heavy atom. The van der Waals surface area contributed by atoms with Gasteiger partial charge < -0.3 is 59.3 Å². The molecular formula is C48H47NO17. The van der Waals surface area contributed by atoms with E-state index < -0.39 is 114 Å². The number of alkyl carbamates (subject to hydrolysis) is 1. The largest absolute Gasteiger partial charge is 0.507 e. The summed E-state index contributed by atoms with van der Waals surface area (Å²) < 4.78 is 33.7. The molecule has 0 aromatic heterocycles. The van der Waals surface area contributed by atoms with Gasteiger partial charge in [-0.05, 0) is 35.2 Å². The standard InChI is InChI=1S/C48H47NO17/c1-23-42(54)31(49-47(59)64-21-30-26-10-5-3-8-24(26)25-9-4-6-11-27(25)30)18-37(65-23)66-33-20-48(60,34(50)22-63-36(53)15-17-62-16-14-35(51)52)19-29-39(33)46(58)41-40(44(29)56)43(55)28-12-7-13-32(61-2)38(28)45(41)57/h3-13,23,30-31,33,37,42,54,56,58,60H,14-22H2,1-2H3,(H,49,59)(H,51,52)/t23-,31-,33-,37-,42+,48-/m0/s1. The van der Waals surface area contributed by atoms with Crippen molar-refractivity contribution in [1.29, 1.82) is 0 Å². The molecule has 18 nitrogen and oxygen atoms in total. The first kappa shape index (κ1) is 45.9. The second kappa shape index (κ2) is 18.7. The minimum absolute atomic E-state index is 0.0132. The zero-order valence-corrected chi connectivity index (χ0v) is 35.8. The molecule has 0 radical (unpaired) electrons. The summed E-state index contributed by atoms with van der Waals surface area (Å²) in [5.41, 5.74) is -0.448. The van der Waals surface area contributed by atoms with E-state index in [0.717, 1.165) is 22.3 Å². The van der Waals surface area contributed by atoms with Crippen LogP contribution in [0.3, 0.4) is 0 Å². The van der Waals surface area contributed by atoms with Gasteiger partial charge in [0.05, 0.1) is 68.1 Å². The van der Waals surface area contributed by atoms with E-state index in [9.17, 15) is 49.2 Å². The van der Waals surface area contributed by atoms with Crippen molar-refractivity contribution in [2.45, 2.75) is 81.2 Å². The second-order valence-corrected chi connectivity index (χ2v) is 16.6. The third-order valence-electron chi connectivity index (χ3n) is 12.5. The van der Waals surface area contributed by atoms with Crippen LogP contribution in [0.2, 0.25) is 0 Å². The summed E-state index contributed by atoms with van der Waals surface area (Å²) in [5.74, 6) is -6.59. The van der Waals surface area contributed by atoms with Crippen molar-refractivity contribution < 1.29 is 82.7 Å². The number of aliphatic carboxylic acids is 1. The first-order chi connectivity index (χ1) is 31.6. The highest BCUT2D eigenvalue weighted by molar-refractivity contribution is 6.31. The molecule has 346 valence electrons. The monoisotopic (exact) mass is 909 g/mol. The number of fused-ring (bicyclic) bond motifs is 6. The molecule has 4 aliphatic rings. The van der Waals surface area contributed by atoms with E-state index in [1.54, 1.807) is 0 Å². The van der Waals surface area contributed by atoms with Gasteiger partial charge in [-0.3, -0.25) is 24.0 Å². The lowest BCUT2D eigenvalue weighted by Crippen LogP contribution is -2.56. The summed E-state index contributed by atoms with van der Waals surface area (Å²) in [6.07, 6.45) is -8.31. The van der Waals surface area contributed by atoms with Crippen LogP contribution >= 0.6 is 0 Å². The van der Waals surface area contributed by atoms with E-state index in [-0.39, 0.29) is 73.0 Å². The Labute approximate surface area is 377 Å². The highest BCUT2D eigenvalue weighted by atomic mass is 16.7. The number of phenols is 2. The van der Waals surface area contributed by atoms with Gasteiger partial charge in [-0.2, -0.15) is 0 Å². The van der Waals surface area contributed by atoms with Gasteiger partial charge in [0.15, 0.2) is 18.7 Å². The average molecular weight is 910 g/mol. The third kappa shape index (κ3) is 8.60. The van der Waals surface area contributed by atoms with Gasteiger partial charge in [0.1, 0.15) is 35.6 Å². The van der Waals surface area contributed by atoms with E-state index in [2.05, 4.69) is 5.32 Å². The van der Waals surface area contributed by atoms with Crippen LogP contribution in [0.25, 0.3) is 11.1 Å². The predicted molar refractivity (Wildman–Crippen MR) is 227 cm³/mol. The molecule has 1 saturated heterocycles. The first-order valence-corrected chi connectivity index (χ1v) is 21.3. The fourth-order valence-corrected chi connectivity index (χ4v) is 9.27. The third-order valence-corrected chi connectivity index (χ3v) is 12.5. The zero-order valence-electron chi connectivity index (χ0n) is 35.8. The summed E-state index contributed by atoms with van der Waals surface area (Å²) in [6, 6.07) is 18.8. The number of esters is 1. The number of ketones is 3. The molecule has 6 N–H and O–H groups in total. The Balaban J connectivity index is 1.04. The number of ether oxygens (including phenoxy) is 6. The van der Waals surface area contributed by atoms with Crippen LogP contribution in [0.4, 0.5) is 4.79 Å². The number of carboxylic acid groups (broad SMARTS) is 1. The number of methoxy groups -OCH3 is 1. The van der Waals surface area contributed by atoms with Gasteiger partial charge in [-0.25, -0.2) is 4.79 Å². The Morgan fingerprint density at radius 3 is 2.17 bits per heavy atom. The fourth-order valence-electron chi connectivity index (χ4n) is 9.27.